The maximum Gasteiger partial charge on any atom is 0.110 e. The number of hydrogen-bond acceptors (Lipinski definition) is 2. The summed E-state index contributed by atoms with van der Waals surface area (Å²) < 4.78 is 0. The molecule has 0 radical (unpaired) electrons. The molecule has 3 heteroatoms. The smallest absolute Gasteiger partial charge is 0.110 e. The zero-order chi connectivity index (χ0) is 9.80. The zero-order valence-corrected chi connectivity index (χ0v) is 9.52. The monoisotopic (exact) mass is 210 g/mol. The summed E-state index contributed by atoms with van der Waals surface area (Å²) in [4.78, 5) is 7.69. The van der Waals surface area contributed by atoms with Gasteiger partial charge in [0.25, 0.3) is 0 Å². The molecule has 0 saturated heterocycles. The molecular formula is C11H18N2S. The number of imidazole rings is 1. The molecule has 1 heterocycles. The second-order valence-electron chi connectivity index (χ2n) is 3.99. The Hall–Kier alpha value is -0.440. The van der Waals surface area contributed by atoms with Crippen molar-refractivity contribution in [1.29, 1.82) is 0 Å². The molecule has 1 fully saturated rings. The number of nitrogens with zero attached hydrogens (tertiary/aromatic N) is 1. The minimum atomic E-state index is 0.655. The Labute approximate surface area is 89.9 Å². The van der Waals surface area contributed by atoms with E-state index < -0.39 is 0 Å². The van der Waals surface area contributed by atoms with Crippen molar-refractivity contribution in [2.24, 2.45) is 0 Å². The highest BCUT2D eigenvalue weighted by Crippen LogP contribution is 2.36. The highest BCUT2D eigenvalue weighted by Gasteiger charge is 2.25. The summed E-state index contributed by atoms with van der Waals surface area (Å²) in [7, 11) is 0. The summed E-state index contributed by atoms with van der Waals surface area (Å²) in [5.41, 5.74) is 0. The van der Waals surface area contributed by atoms with E-state index in [4.69, 9.17) is 0 Å². The molecule has 0 bridgehead atoms. The van der Waals surface area contributed by atoms with Crippen molar-refractivity contribution in [2.45, 2.75) is 43.3 Å². The van der Waals surface area contributed by atoms with Crippen molar-refractivity contribution in [3.8, 4) is 0 Å². The normalized spacial score (nSPS) is 28.6. The standard InChI is InChI=1S/C11H18N2S/c1-14-10-6-4-2-3-5-9(10)11-12-7-8-13-11/h7-10H,2-6H2,1H3,(H,12,13). The molecule has 1 saturated carbocycles. The maximum absolute atomic E-state index is 4.41. The van der Waals surface area contributed by atoms with Crippen molar-refractivity contribution in [2.75, 3.05) is 6.26 Å². The molecule has 78 valence electrons. The van der Waals surface area contributed by atoms with Crippen LogP contribution in [0.25, 0.3) is 0 Å². The first-order valence-electron chi connectivity index (χ1n) is 5.44. The van der Waals surface area contributed by atoms with Crippen molar-refractivity contribution in [3.05, 3.63) is 18.2 Å². The average Bonchev–Trinajstić information content (AvgIpc) is 2.63. The highest BCUT2D eigenvalue weighted by atomic mass is 32.2. The van der Waals surface area contributed by atoms with E-state index >= 15 is 0 Å². The number of H-pyrrole nitrogens is 1. The van der Waals surface area contributed by atoms with Crippen LogP contribution in [-0.2, 0) is 0 Å². The quantitative estimate of drug-likeness (QED) is 0.759. The fraction of sp³-hybridized carbons (Fsp3) is 0.727. The lowest BCUT2D eigenvalue weighted by atomic mass is 9.99. The lowest BCUT2D eigenvalue weighted by Gasteiger charge is -2.21. The first-order chi connectivity index (χ1) is 6.92. The molecule has 0 spiro atoms. The van der Waals surface area contributed by atoms with Crippen LogP contribution in [0.4, 0.5) is 0 Å². The molecule has 2 unspecified atom stereocenters. The Morgan fingerprint density at radius 2 is 2.21 bits per heavy atom. The van der Waals surface area contributed by atoms with E-state index in [1.807, 2.05) is 24.2 Å². The lowest BCUT2D eigenvalue weighted by molar-refractivity contribution is 0.579. The Morgan fingerprint density at radius 3 is 2.93 bits per heavy atom. The van der Waals surface area contributed by atoms with Crippen molar-refractivity contribution in [1.82, 2.24) is 9.97 Å². The van der Waals surface area contributed by atoms with Crippen LogP contribution in [0.1, 0.15) is 43.8 Å². The number of thioether (sulfide) groups is 1. The molecule has 2 nitrogen and oxygen atoms in total. The van der Waals surface area contributed by atoms with Gasteiger partial charge in [-0.3, -0.25) is 0 Å². The number of nitrogens with one attached hydrogen (secondary N) is 1. The molecule has 0 amide bonds. The molecule has 14 heavy (non-hydrogen) atoms. The predicted octanol–water partition coefficient (Wildman–Crippen LogP) is 3.19. The first kappa shape index (κ1) is 10.1. The molecule has 1 aliphatic rings. The molecular weight excluding hydrogens is 192 g/mol. The predicted molar refractivity (Wildman–Crippen MR) is 61.7 cm³/mol. The van der Waals surface area contributed by atoms with Crippen LogP contribution < -0.4 is 0 Å². The molecule has 0 aromatic carbocycles. The van der Waals surface area contributed by atoms with Crippen LogP contribution in [-0.4, -0.2) is 21.5 Å². The summed E-state index contributed by atoms with van der Waals surface area (Å²) in [6.07, 6.45) is 12.9. The van der Waals surface area contributed by atoms with Crippen molar-refractivity contribution < 1.29 is 0 Å². The molecule has 1 aromatic rings. The van der Waals surface area contributed by atoms with E-state index in [1.165, 1.54) is 37.9 Å². The van der Waals surface area contributed by atoms with Gasteiger partial charge in [-0.2, -0.15) is 11.8 Å². The van der Waals surface area contributed by atoms with Crippen LogP contribution in [0.3, 0.4) is 0 Å². The van der Waals surface area contributed by atoms with Crippen LogP contribution in [0, 0.1) is 0 Å². The summed E-state index contributed by atoms with van der Waals surface area (Å²) in [6.45, 7) is 0. The van der Waals surface area contributed by atoms with Crippen LogP contribution in [0.5, 0.6) is 0 Å². The third-order valence-electron chi connectivity index (χ3n) is 3.13. The van der Waals surface area contributed by atoms with E-state index in [-0.39, 0.29) is 0 Å². The van der Waals surface area contributed by atoms with Gasteiger partial charge in [0, 0.05) is 23.6 Å². The Morgan fingerprint density at radius 1 is 1.36 bits per heavy atom. The summed E-state index contributed by atoms with van der Waals surface area (Å²) in [5, 5.41) is 0.767. The van der Waals surface area contributed by atoms with Gasteiger partial charge in [0.1, 0.15) is 5.82 Å². The minimum Gasteiger partial charge on any atom is -0.348 e. The number of aromatic amines is 1. The SMILES string of the molecule is CSC1CCCCCC1c1ncc[nH]1. The van der Waals surface area contributed by atoms with Gasteiger partial charge < -0.3 is 4.98 Å². The molecule has 0 aliphatic heterocycles. The third kappa shape index (κ3) is 2.14. The summed E-state index contributed by atoms with van der Waals surface area (Å²) in [5.74, 6) is 1.86. The van der Waals surface area contributed by atoms with Crippen molar-refractivity contribution in [3.63, 3.8) is 0 Å². The Kier molecular flexibility index (Phi) is 3.51. The second-order valence-corrected chi connectivity index (χ2v) is 5.07. The minimum absolute atomic E-state index is 0.655. The summed E-state index contributed by atoms with van der Waals surface area (Å²) >= 11 is 2.01. The van der Waals surface area contributed by atoms with Gasteiger partial charge in [-0.25, -0.2) is 4.98 Å². The first-order valence-corrected chi connectivity index (χ1v) is 6.72. The average molecular weight is 210 g/mol. The second kappa shape index (κ2) is 4.87. The molecule has 2 atom stereocenters. The topological polar surface area (TPSA) is 28.7 Å². The van der Waals surface area contributed by atoms with Gasteiger partial charge in [0.15, 0.2) is 0 Å². The largest absolute Gasteiger partial charge is 0.348 e. The van der Waals surface area contributed by atoms with Gasteiger partial charge in [-0.05, 0) is 19.1 Å². The fourth-order valence-corrected chi connectivity index (χ4v) is 3.34. The van der Waals surface area contributed by atoms with Gasteiger partial charge in [-0.15, -0.1) is 0 Å². The summed E-state index contributed by atoms with van der Waals surface area (Å²) in [6, 6.07) is 0. The number of hydrogen-bond donors (Lipinski definition) is 1. The van der Waals surface area contributed by atoms with E-state index in [2.05, 4.69) is 16.2 Å². The molecule has 1 aromatic heterocycles. The Bertz CT molecular complexity index is 258. The van der Waals surface area contributed by atoms with E-state index in [0.29, 0.717) is 5.92 Å². The van der Waals surface area contributed by atoms with E-state index in [9.17, 15) is 0 Å². The highest BCUT2D eigenvalue weighted by molar-refractivity contribution is 7.99. The third-order valence-corrected chi connectivity index (χ3v) is 4.30. The van der Waals surface area contributed by atoms with Gasteiger partial charge in [-0.1, -0.05) is 19.3 Å². The zero-order valence-electron chi connectivity index (χ0n) is 8.70. The molecule has 2 rings (SSSR count). The lowest BCUT2D eigenvalue weighted by Crippen LogP contribution is -2.15. The van der Waals surface area contributed by atoms with Crippen molar-refractivity contribution >= 4 is 11.8 Å². The van der Waals surface area contributed by atoms with E-state index in [0.717, 1.165) is 5.25 Å². The van der Waals surface area contributed by atoms with Gasteiger partial charge >= 0.3 is 0 Å². The van der Waals surface area contributed by atoms with Crippen LogP contribution in [0.2, 0.25) is 0 Å². The number of aromatic nitrogens is 2. The number of rotatable bonds is 2. The van der Waals surface area contributed by atoms with Crippen LogP contribution >= 0.6 is 11.8 Å². The molecule has 1 N–H and O–H groups in total. The molecule has 1 aliphatic carbocycles. The van der Waals surface area contributed by atoms with Crippen LogP contribution in [0.15, 0.2) is 12.4 Å². The maximum atomic E-state index is 4.41. The van der Waals surface area contributed by atoms with E-state index in [1.54, 1.807) is 0 Å². The van der Waals surface area contributed by atoms with Gasteiger partial charge in [0.05, 0.1) is 0 Å². The fourth-order valence-electron chi connectivity index (χ4n) is 2.35. The van der Waals surface area contributed by atoms with Gasteiger partial charge in [0.2, 0.25) is 0 Å². The Balaban J connectivity index is 2.12.